The third kappa shape index (κ3) is 3.85. The molecule has 0 radical (unpaired) electrons. The highest BCUT2D eigenvalue weighted by atomic mass is 79.9. The third-order valence-corrected chi connectivity index (χ3v) is 3.69. The molecule has 0 aliphatic heterocycles. The lowest BCUT2D eigenvalue weighted by Crippen LogP contribution is -1.93. The maximum atomic E-state index is 11.1. The first kappa shape index (κ1) is 14.2. The Morgan fingerprint density at radius 2 is 1.00 bits per heavy atom. The highest BCUT2D eigenvalue weighted by molar-refractivity contribution is 9.18. The van der Waals surface area contributed by atoms with E-state index < -0.39 is 0 Å². The molecule has 4 heteroatoms. The summed E-state index contributed by atoms with van der Waals surface area (Å²) in [5.74, 6) is 0. The molecule has 0 bridgehead atoms. The number of carbonyl (C=O) groups excluding carboxylic acids is 2. The van der Waals surface area contributed by atoms with Crippen LogP contribution in [0.3, 0.4) is 0 Å². The summed E-state index contributed by atoms with van der Waals surface area (Å²) in [4.78, 5) is 22.2. The van der Waals surface area contributed by atoms with E-state index in [0.29, 0.717) is 11.1 Å². The lowest BCUT2D eigenvalue weighted by Gasteiger charge is -2.03. The van der Waals surface area contributed by atoms with Gasteiger partial charge in [0.1, 0.15) is 0 Å². The highest BCUT2D eigenvalue weighted by Gasteiger charge is 2.03. The van der Waals surface area contributed by atoms with Gasteiger partial charge in [-0.1, -0.05) is 48.5 Å². The van der Waals surface area contributed by atoms with Crippen molar-refractivity contribution in [3.8, 4) is 0 Å². The largest absolute Gasteiger partial charge is 0.281 e. The number of rotatable bonds is 4. The summed E-state index contributed by atoms with van der Waals surface area (Å²) in [7, 11) is 0. The Morgan fingerprint density at radius 1 is 0.684 bits per heavy atom. The Morgan fingerprint density at radius 3 is 1.26 bits per heavy atom. The lowest BCUT2D eigenvalue weighted by molar-refractivity contribution is 0.108. The van der Waals surface area contributed by atoms with Gasteiger partial charge in [0, 0.05) is 11.1 Å². The fraction of sp³-hybridized carbons (Fsp3) is 0.0667. The van der Waals surface area contributed by atoms with Crippen molar-refractivity contribution < 1.29 is 9.59 Å². The topological polar surface area (TPSA) is 34.1 Å². The lowest BCUT2D eigenvalue weighted by atomic mass is 10.0. The van der Waals surface area contributed by atoms with E-state index in [-0.39, 0.29) is 9.39 Å². The normalized spacial score (nSPS) is 10.2. The number of halogens is 2. The van der Waals surface area contributed by atoms with E-state index in [1.807, 2.05) is 24.3 Å². The van der Waals surface area contributed by atoms with Gasteiger partial charge < -0.3 is 0 Å². The van der Waals surface area contributed by atoms with Crippen molar-refractivity contribution in [3.63, 3.8) is 0 Å². The van der Waals surface area contributed by atoms with E-state index in [1.54, 1.807) is 24.3 Å². The molecular formula is C15H10Br2O2. The van der Waals surface area contributed by atoms with Crippen LogP contribution in [0.4, 0.5) is 0 Å². The van der Waals surface area contributed by atoms with Crippen LogP contribution in [0.1, 0.15) is 31.8 Å². The van der Waals surface area contributed by atoms with Crippen LogP contribution in [0.15, 0.2) is 48.5 Å². The molecule has 0 atom stereocenters. The molecule has 2 aromatic carbocycles. The summed E-state index contributed by atoms with van der Waals surface area (Å²) in [5.41, 5.74) is 3.53. The molecule has 0 aromatic heterocycles. The zero-order valence-corrected chi connectivity index (χ0v) is 13.1. The zero-order chi connectivity index (χ0) is 13.8. The van der Waals surface area contributed by atoms with E-state index in [1.165, 1.54) is 0 Å². The molecule has 0 saturated heterocycles. The third-order valence-electron chi connectivity index (χ3n) is 2.77. The fourth-order valence-corrected chi connectivity index (χ4v) is 2.27. The van der Waals surface area contributed by atoms with Crippen LogP contribution in [0.5, 0.6) is 0 Å². The summed E-state index contributed by atoms with van der Waals surface area (Å²) in [6, 6.07) is 14.9. The SMILES string of the molecule is O=C(Br)c1ccc(Cc2ccc(C(=O)Br)cc2)cc1. The van der Waals surface area contributed by atoms with E-state index in [4.69, 9.17) is 0 Å². The van der Waals surface area contributed by atoms with E-state index in [0.717, 1.165) is 17.5 Å². The van der Waals surface area contributed by atoms with Gasteiger partial charge in [-0.25, -0.2) is 0 Å². The van der Waals surface area contributed by atoms with Crippen molar-refractivity contribution in [2.45, 2.75) is 6.42 Å². The number of hydrogen-bond donors (Lipinski definition) is 0. The van der Waals surface area contributed by atoms with E-state index in [2.05, 4.69) is 31.9 Å². The smallest absolute Gasteiger partial charge is 0.228 e. The Hall–Kier alpha value is -1.26. The molecule has 19 heavy (non-hydrogen) atoms. The van der Waals surface area contributed by atoms with Crippen molar-refractivity contribution in [3.05, 3.63) is 70.8 Å². The molecule has 2 rings (SSSR count). The average molecular weight is 382 g/mol. The van der Waals surface area contributed by atoms with Gasteiger partial charge in [-0.05, 0) is 49.4 Å². The number of carbonyl (C=O) groups is 2. The quantitative estimate of drug-likeness (QED) is 0.738. The summed E-state index contributed by atoms with van der Waals surface area (Å²) < 4.78 is -0.224. The Balaban J connectivity index is 2.12. The van der Waals surface area contributed by atoms with Gasteiger partial charge in [0.25, 0.3) is 0 Å². The molecule has 0 N–H and O–H groups in total. The molecule has 0 unspecified atom stereocenters. The Kier molecular flexibility index (Phi) is 4.66. The van der Waals surface area contributed by atoms with Crippen LogP contribution in [0, 0.1) is 0 Å². The molecule has 0 aliphatic rings. The first-order valence-corrected chi connectivity index (χ1v) is 7.22. The number of benzene rings is 2. The predicted molar refractivity (Wildman–Crippen MR) is 82.2 cm³/mol. The summed E-state index contributed by atoms with van der Waals surface area (Å²) in [5, 5.41) is 0. The van der Waals surface area contributed by atoms with Gasteiger partial charge in [0.15, 0.2) is 0 Å². The van der Waals surface area contributed by atoms with Gasteiger partial charge in [-0.2, -0.15) is 0 Å². The van der Waals surface area contributed by atoms with Crippen LogP contribution in [0.2, 0.25) is 0 Å². The molecule has 0 spiro atoms. The fourth-order valence-electron chi connectivity index (χ4n) is 1.74. The average Bonchev–Trinajstić information content (AvgIpc) is 2.40. The van der Waals surface area contributed by atoms with Crippen molar-refractivity contribution in [1.29, 1.82) is 0 Å². The van der Waals surface area contributed by atoms with Gasteiger partial charge in [-0.3, -0.25) is 9.59 Å². The van der Waals surface area contributed by atoms with Gasteiger partial charge in [-0.15, -0.1) is 0 Å². The second-order valence-corrected chi connectivity index (χ2v) is 5.56. The molecule has 0 saturated carbocycles. The second-order valence-electron chi connectivity index (χ2n) is 4.12. The predicted octanol–water partition coefficient (Wildman–Crippen LogP) is 4.35. The maximum absolute atomic E-state index is 11.1. The van der Waals surface area contributed by atoms with Crippen LogP contribution >= 0.6 is 31.9 Å². The minimum atomic E-state index is -0.112. The monoisotopic (exact) mass is 380 g/mol. The van der Waals surface area contributed by atoms with Crippen LogP contribution in [0.25, 0.3) is 0 Å². The van der Waals surface area contributed by atoms with Crippen molar-refractivity contribution in [2.24, 2.45) is 0 Å². The van der Waals surface area contributed by atoms with Gasteiger partial charge >= 0.3 is 0 Å². The zero-order valence-electron chi connectivity index (χ0n) is 9.90. The molecule has 96 valence electrons. The van der Waals surface area contributed by atoms with Crippen LogP contribution < -0.4 is 0 Å². The van der Waals surface area contributed by atoms with E-state index in [9.17, 15) is 9.59 Å². The standard InChI is InChI=1S/C15H10Br2O2/c16-14(18)12-5-1-10(2-6-12)9-11-3-7-13(8-4-11)15(17)19/h1-8H,9H2. The van der Waals surface area contributed by atoms with Gasteiger partial charge in [0.2, 0.25) is 9.39 Å². The highest BCUT2D eigenvalue weighted by Crippen LogP contribution is 2.14. The Labute approximate surface area is 128 Å². The second kappa shape index (κ2) is 6.26. The molecule has 0 fully saturated rings. The van der Waals surface area contributed by atoms with Crippen molar-refractivity contribution in [1.82, 2.24) is 0 Å². The summed E-state index contributed by atoms with van der Waals surface area (Å²) in [6.07, 6.45) is 0.771. The van der Waals surface area contributed by atoms with Crippen LogP contribution in [-0.4, -0.2) is 9.39 Å². The summed E-state index contributed by atoms with van der Waals surface area (Å²) >= 11 is 5.84. The Bertz CT molecular complexity index is 546. The van der Waals surface area contributed by atoms with E-state index >= 15 is 0 Å². The summed E-state index contributed by atoms with van der Waals surface area (Å²) in [6.45, 7) is 0. The minimum Gasteiger partial charge on any atom is -0.281 e. The molecule has 2 aromatic rings. The van der Waals surface area contributed by atoms with Crippen LogP contribution in [-0.2, 0) is 6.42 Å². The first-order chi connectivity index (χ1) is 9.06. The van der Waals surface area contributed by atoms with Crippen molar-refractivity contribution in [2.75, 3.05) is 0 Å². The first-order valence-electron chi connectivity index (χ1n) is 5.64. The minimum absolute atomic E-state index is 0.112. The molecule has 2 nitrogen and oxygen atoms in total. The van der Waals surface area contributed by atoms with Gasteiger partial charge in [0.05, 0.1) is 0 Å². The number of hydrogen-bond acceptors (Lipinski definition) is 2. The maximum Gasteiger partial charge on any atom is 0.228 e. The molecular weight excluding hydrogens is 372 g/mol. The molecule has 0 aliphatic carbocycles. The molecule has 0 heterocycles. The van der Waals surface area contributed by atoms with Crippen molar-refractivity contribution >= 4 is 41.2 Å². The molecule has 0 amide bonds.